The lowest BCUT2D eigenvalue weighted by Gasteiger charge is -2.36. The standard InChI is InChI=1S/C30H32FN3O5/c1-19(35)33-27-8-6-22(31)16-21(27)4-3-14-34-15-12-20(26(18-34)30(37)38)5-10-29(36)24-11-13-32-28-9-7-23(39-2)17-25(24)28/h6-9,11,13,16-17,20,26,29,36H,5,10,12,14-15,18H2,1-2H3,(H,33,35)(H,37,38)/t20-,26+,29?/m1/s1. The van der Waals surface area contributed by atoms with Crippen molar-refractivity contribution >= 4 is 28.5 Å². The number of nitrogens with zero attached hydrogens (tertiary/aromatic N) is 2. The number of carbonyl (C=O) groups is 2. The van der Waals surface area contributed by atoms with Crippen molar-refractivity contribution in [3.8, 4) is 17.6 Å². The van der Waals surface area contributed by atoms with Crippen LogP contribution in [0, 0.1) is 29.5 Å². The number of benzene rings is 2. The number of amides is 1. The summed E-state index contributed by atoms with van der Waals surface area (Å²) in [6.45, 7) is 2.68. The van der Waals surface area contributed by atoms with E-state index in [9.17, 15) is 24.2 Å². The molecule has 1 fully saturated rings. The Bertz CT molecular complexity index is 1420. The molecule has 1 aliphatic heterocycles. The lowest BCUT2D eigenvalue weighted by molar-refractivity contribution is -0.146. The van der Waals surface area contributed by atoms with Crippen LogP contribution in [0.3, 0.4) is 0 Å². The number of hydrogen-bond acceptors (Lipinski definition) is 6. The van der Waals surface area contributed by atoms with Gasteiger partial charge in [0.15, 0.2) is 0 Å². The van der Waals surface area contributed by atoms with Crippen LogP contribution in [0.4, 0.5) is 10.1 Å². The number of aliphatic carboxylic acids is 1. The second-order valence-electron chi connectivity index (χ2n) is 9.78. The zero-order valence-electron chi connectivity index (χ0n) is 22.0. The first-order valence-electron chi connectivity index (χ1n) is 12.9. The largest absolute Gasteiger partial charge is 0.497 e. The van der Waals surface area contributed by atoms with E-state index in [0.29, 0.717) is 55.9 Å². The van der Waals surface area contributed by atoms with Crippen LogP contribution < -0.4 is 10.1 Å². The van der Waals surface area contributed by atoms with Gasteiger partial charge in [-0.05, 0) is 79.8 Å². The van der Waals surface area contributed by atoms with E-state index in [1.54, 1.807) is 19.4 Å². The summed E-state index contributed by atoms with van der Waals surface area (Å²) < 4.78 is 19.0. The van der Waals surface area contributed by atoms with Crippen LogP contribution in [0.15, 0.2) is 48.7 Å². The minimum atomic E-state index is -0.871. The number of halogens is 1. The SMILES string of the molecule is COc1ccc2nccc(C(O)CC[C@@H]3CCN(CC#Cc4cc(F)ccc4NC(C)=O)C[C@@H]3C(=O)O)c2c1. The number of nitrogens with one attached hydrogen (secondary N) is 1. The lowest BCUT2D eigenvalue weighted by Crippen LogP contribution is -2.44. The van der Waals surface area contributed by atoms with Gasteiger partial charge in [0.2, 0.25) is 5.91 Å². The number of pyridine rings is 1. The molecule has 2 aromatic carbocycles. The van der Waals surface area contributed by atoms with E-state index in [4.69, 9.17) is 4.74 Å². The highest BCUT2D eigenvalue weighted by atomic mass is 19.1. The molecule has 9 heteroatoms. The minimum absolute atomic E-state index is 0.0846. The van der Waals surface area contributed by atoms with Crippen LogP contribution >= 0.6 is 0 Å². The molecule has 204 valence electrons. The van der Waals surface area contributed by atoms with Crippen LogP contribution in [0.25, 0.3) is 10.9 Å². The van der Waals surface area contributed by atoms with Gasteiger partial charge in [-0.25, -0.2) is 4.39 Å². The minimum Gasteiger partial charge on any atom is -0.497 e. The van der Waals surface area contributed by atoms with Crippen molar-refractivity contribution in [1.82, 2.24) is 9.88 Å². The van der Waals surface area contributed by atoms with E-state index < -0.39 is 23.8 Å². The summed E-state index contributed by atoms with van der Waals surface area (Å²) in [5, 5.41) is 24.4. The third-order valence-corrected chi connectivity index (χ3v) is 7.13. The predicted octanol–water partition coefficient (Wildman–Crippen LogP) is 4.23. The summed E-state index contributed by atoms with van der Waals surface area (Å²) in [4.78, 5) is 29.9. The van der Waals surface area contributed by atoms with Gasteiger partial charge in [-0.3, -0.25) is 19.5 Å². The van der Waals surface area contributed by atoms with Gasteiger partial charge in [0.1, 0.15) is 11.6 Å². The Hall–Kier alpha value is -4.00. The monoisotopic (exact) mass is 533 g/mol. The third-order valence-electron chi connectivity index (χ3n) is 7.13. The average Bonchev–Trinajstić information content (AvgIpc) is 2.92. The molecule has 3 aromatic rings. The summed E-state index contributed by atoms with van der Waals surface area (Å²) in [6, 6.07) is 11.3. The molecule has 0 radical (unpaired) electrons. The van der Waals surface area contributed by atoms with Gasteiger partial charge in [-0.1, -0.05) is 11.8 Å². The zero-order valence-corrected chi connectivity index (χ0v) is 22.0. The lowest BCUT2D eigenvalue weighted by atomic mass is 9.81. The number of piperidine rings is 1. The Morgan fingerprint density at radius 1 is 1.26 bits per heavy atom. The highest BCUT2D eigenvalue weighted by Crippen LogP contribution is 2.33. The van der Waals surface area contributed by atoms with Gasteiger partial charge in [0.25, 0.3) is 0 Å². The Morgan fingerprint density at radius 2 is 2.08 bits per heavy atom. The van der Waals surface area contributed by atoms with Gasteiger partial charge in [-0.15, -0.1) is 0 Å². The highest BCUT2D eigenvalue weighted by molar-refractivity contribution is 5.90. The number of aliphatic hydroxyl groups excluding tert-OH is 1. The third kappa shape index (κ3) is 7.11. The van der Waals surface area contributed by atoms with Crippen LogP contribution in [-0.4, -0.2) is 58.7 Å². The summed E-state index contributed by atoms with van der Waals surface area (Å²) >= 11 is 0. The number of hydrogen-bond donors (Lipinski definition) is 3. The molecule has 1 amide bonds. The molecule has 39 heavy (non-hydrogen) atoms. The Balaban J connectivity index is 1.39. The molecule has 0 spiro atoms. The smallest absolute Gasteiger partial charge is 0.308 e. The number of carboxylic acid groups (broad SMARTS) is 1. The molecule has 2 heterocycles. The molecular formula is C30H32FN3O5. The molecule has 3 N–H and O–H groups in total. The van der Waals surface area contributed by atoms with Crippen LogP contribution in [0.5, 0.6) is 5.75 Å². The topological polar surface area (TPSA) is 112 Å². The maximum Gasteiger partial charge on any atom is 0.308 e. The number of carboxylic acids is 1. The van der Waals surface area contributed by atoms with Gasteiger partial charge < -0.3 is 20.3 Å². The van der Waals surface area contributed by atoms with E-state index in [-0.39, 0.29) is 11.8 Å². The zero-order chi connectivity index (χ0) is 27.9. The number of carbonyl (C=O) groups excluding carboxylic acids is 1. The van der Waals surface area contributed by atoms with E-state index in [1.807, 2.05) is 23.1 Å². The van der Waals surface area contributed by atoms with E-state index in [1.165, 1.54) is 25.1 Å². The van der Waals surface area contributed by atoms with Crippen molar-refractivity contribution < 1.29 is 28.9 Å². The number of anilines is 1. The molecule has 1 aliphatic rings. The fourth-order valence-corrected chi connectivity index (χ4v) is 5.09. The number of aromatic nitrogens is 1. The summed E-state index contributed by atoms with van der Waals surface area (Å²) in [7, 11) is 1.59. The second kappa shape index (κ2) is 12.7. The molecule has 4 rings (SSSR count). The van der Waals surface area contributed by atoms with Gasteiger partial charge in [0.05, 0.1) is 42.4 Å². The van der Waals surface area contributed by atoms with Crippen molar-refractivity contribution in [3.05, 3.63) is 65.6 Å². The van der Waals surface area contributed by atoms with Crippen LogP contribution in [0.1, 0.15) is 43.4 Å². The molecule has 0 bridgehead atoms. The Labute approximate surface area is 226 Å². The normalized spacial score (nSPS) is 18.2. The van der Waals surface area contributed by atoms with Crippen molar-refractivity contribution in [2.24, 2.45) is 11.8 Å². The molecule has 1 aromatic heterocycles. The molecule has 0 saturated carbocycles. The van der Waals surface area contributed by atoms with Crippen LogP contribution in [-0.2, 0) is 9.59 Å². The first-order valence-corrected chi connectivity index (χ1v) is 12.9. The van der Waals surface area contributed by atoms with Crippen LogP contribution in [0.2, 0.25) is 0 Å². The second-order valence-corrected chi connectivity index (χ2v) is 9.78. The van der Waals surface area contributed by atoms with E-state index in [2.05, 4.69) is 22.1 Å². The number of methoxy groups -OCH3 is 1. The molecule has 1 unspecified atom stereocenters. The molecule has 3 atom stereocenters. The predicted molar refractivity (Wildman–Crippen MR) is 146 cm³/mol. The summed E-state index contributed by atoms with van der Waals surface area (Å²) in [5.74, 6) is 4.29. The molecule has 0 aliphatic carbocycles. The maximum absolute atomic E-state index is 13.7. The quantitative estimate of drug-likeness (QED) is 0.372. The Morgan fingerprint density at radius 3 is 2.82 bits per heavy atom. The fourth-order valence-electron chi connectivity index (χ4n) is 5.09. The fraction of sp³-hybridized carbons (Fsp3) is 0.367. The first kappa shape index (κ1) is 28.0. The molecular weight excluding hydrogens is 501 g/mol. The van der Waals surface area contributed by atoms with Crippen molar-refractivity contribution in [2.45, 2.75) is 32.3 Å². The number of fused-ring (bicyclic) bond motifs is 1. The molecule has 1 saturated heterocycles. The number of ether oxygens (including phenoxy) is 1. The van der Waals surface area contributed by atoms with Gasteiger partial charge in [-0.2, -0.15) is 0 Å². The van der Waals surface area contributed by atoms with E-state index >= 15 is 0 Å². The molecule has 8 nitrogen and oxygen atoms in total. The van der Waals surface area contributed by atoms with E-state index in [0.717, 1.165) is 16.5 Å². The number of likely N-dealkylation sites (tertiary alicyclic amines) is 1. The summed E-state index contributed by atoms with van der Waals surface area (Å²) in [5.41, 5.74) is 2.30. The number of rotatable bonds is 8. The van der Waals surface area contributed by atoms with Gasteiger partial charge in [0, 0.05) is 25.1 Å². The van der Waals surface area contributed by atoms with Gasteiger partial charge >= 0.3 is 5.97 Å². The van der Waals surface area contributed by atoms with Crippen molar-refractivity contribution in [2.75, 3.05) is 32.1 Å². The average molecular weight is 534 g/mol. The summed E-state index contributed by atoms with van der Waals surface area (Å²) in [6.07, 6.45) is 2.55. The number of aliphatic hydroxyl groups is 1. The highest BCUT2D eigenvalue weighted by Gasteiger charge is 2.34. The Kier molecular flexibility index (Phi) is 9.12. The first-order chi connectivity index (χ1) is 18.7. The maximum atomic E-state index is 13.7. The van der Waals surface area contributed by atoms with Crippen molar-refractivity contribution in [1.29, 1.82) is 0 Å². The van der Waals surface area contributed by atoms with Crippen molar-refractivity contribution in [3.63, 3.8) is 0 Å².